The molecule has 0 heterocycles. The van der Waals surface area contributed by atoms with Crippen LogP contribution in [0.15, 0.2) is 29.2 Å². The zero-order valence-electron chi connectivity index (χ0n) is 11.2. The smallest absolute Gasteiger partial charge is 0.417 e. The fraction of sp³-hybridized carbons (Fsp3) is 0.417. The Kier molecular flexibility index (Phi) is 4.69. The van der Waals surface area contributed by atoms with E-state index in [1.807, 2.05) is 4.72 Å². The maximum Gasteiger partial charge on any atom is 0.417 e. The average molecular weight is 325 g/mol. The van der Waals surface area contributed by atoms with E-state index < -0.39 is 44.6 Å². The molecule has 21 heavy (non-hydrogen) atoms. The van der Waals surface area contributed by atoms with Crippen LogP contribution in [0.4, 0.5) is 13.2 Å². The second kappa shape index (κ2) is 5.64. The van der Waals surface area contributed by atoms with Crippen molar-refractivity contribution in [2.24, 2.45) is 0 Å². The fourth-order valence-electron chi connectivity index (χ4n) is 1.77. The standard InChI is InChI=1S/C12H14F3NO4S/c1-11(2,7-10(17)18)16-21(19,20)9-6-4-3-5-8(9)12(13,14)15/h3-6,16H,7H2,1-2H3,(H,17,18). The minimum atomic E-state index is -4.83. The van der Waals surface area contributed by atoms with Gasteiger partial charge in [0, 0.05) is 5.54 Å². The van der Waals surface area contributed by atoms with Gasteiger partial charge in [0.15, 0.2) is 0 Å². The maximum absolute atomic E-state index is 12.8. The molecule has 2 N–H and O–H groups in total. The highest BCUT2D eigenvalue weighted by atomic mass is 32.2. The molecular weight excluding hydrogens is 311 g/mol. The van der Waals surface area contributed by atoms with Crippen LogP contribution in [-0.4, -0.2) is 25.0 Å². The number of aliphatic carboxylic acids is 1. The van der Waals surface area contributed by atoms with Crippen molar-refractivity contribution >= 4 is 16.0 Å². The number of halogens is 3. The normalized spacial score (nSPS) is 13.2. The number of carbonyl (C=O) groups is 1. The van der Waals surface area contributed by atoms with Gasteiger partial charge in [0.2, 0.25) is 10.0 Å². The van der Waals surface area contributed by atoms with Crippen LogP contribution in [0.5, 0.6) is 0 Å². The predicted octanol–water partition coefficient (Wildman–Crippen LogP) is 2.24. The second-order valence-corrected chi connectivity index (χ2v) is 6.70. The van der Waals surface area contributed by atoms with Gasteiger partial charge in [-0.2, -0.15) is 13.2 Å². The van der Waals surface area contributed by atoms with Gasteiger partial charge in [-0.05, 0) is 26.0 Å². The summed E-state index contributed by atoms with van der Waals surface area (Å²) in [4.78, 5) is 9.71. The number of carboxylic acid groups (broad SMARTS) is 1. The van der Waals surface area contributed by atoms with Gasteiger partial charge in [-0.25, -0.2) is 13.1 Å². The van der Waals surface area contributed by atoms with Crippen molar-refractivity contribution in [1.82, 2.24) is 4.72 Å². The number of hydrogen-bond donors (Lipinski definition) is 2. The summed E-state index contributed by atoms with van der Waals surface area (Å²) < 4.78 is 64.7. The van der Waals surface area contributed by atoms with E-state index in [1.165, 1.54) is 13.8 Å². The molecule has 0 fully saturated rings. The van der Waals surface area contributed by atoms with Gasteiger partial charge in [-0.15, -0.1) is 0 Å². The summed E-state index contributed by atoms with van der Waals surface area (Å²) in [6, 6.07) is 3.71. The van der Waals surface area contributed by atoms with E-state index in [2.05, 4.69) is 0 Å². The lowest BCUT2D eigenvalue weighted by molar-refractivity contribution is -0.140. The molecule has 1 aromatic carbocycles. The molecule has 118 valence electrons. The van der Waals surface area contributed by atoms with Crippen LogP contribution in [-0.2, 0) is 21.0 Å². The molecule has 0 saturated heterocycles. The van der Waals surface area contributed by atoms with Gasteiger partial charge in [-0.1, -0.05) is 12.1 Å². The molecule has 0 atom stereocenters. The number of benzene rings is 1. The molecular formula is C12H14F3NO4S. The molecule has 0 saturated carbocycles. The monoisotopic (exact) mass is 325 g/mol. The van der Waals surface area contributed by atoms with Gasteiger partial charge in [-0.3, -0.25) is 4.79 Å². The van der Waals surface area contributed by atoms with Crippen LogP contribution in [0.1, 0.15) is 25.8 Å². The molecule has 0 unspecified atom stereocenters. The third-order valence-corrected chi connectivity index (χ3v) is 4.24. The first kappa shape index (κ1) is 17.4. The third kappa shape index (κ3) is 4.71. The van der Waals surface area contributed by atoms with Gasteiger partial charge in [0.25, 0.3) is 0 Å². The number of carboxylic acids is 1. The molecule has 5 nitrogen and oxygen atoms in total. The minimum Gasteiger partial charge on any atom is -0.481 e. The molecule has 0 amide bonds. The van der Waals surface area contributed by atoms with Crippen LogP contribution in [0.3, 0.4) is 0 Å². The predicted molar refractivity (Wildman–Crippen MR) is 68.1 cm³/mol. The van der Waals surface area contributed by atoms with Gasteiger partial charge in [0.05, 0.1) is 16.9 Å². The molecule has 0 spiro atoms. The van der Waals surface area contributed by atoms with Crippen molar-refractivity contribution in [1.29, 1.82) is 0 Å². The number of sulfonamides is 1. The summed E-state index contributed by atoms with van der Waals surface area (Å²) in [5.74, 6) is -1.27. The lowest BCUT2D eigenvalue weighted by atomic mass is 10.0. The first-order valence-corrected chi connectivity index (χ1v) is 7.25. The Morgan fingerprint density at radius 3 is 2.24 bits per heavy atom. The van der Waals surface area contributed by atoms with Crippen LogP contribution in [0, 0.1) is 0 Å². The second-order valence-electron chi connectivity index (χ2n) is 5.05. The number of rotatable bonds is 5. The molecule has 1 aromatic rings. The number of alkyl halides is 3. The van der Waals surface area contributed by atoms with E-state index in [1.54, 1.807) is 0 Å². The molecule has 0 aliphatic rings. The Balaban J connectivity index is 3.24. The van der Waals surface area contributed by atoms with Crippen LogP contribution in [0.25, 0.3) is 0 Å². The molecule has 0 aliphatic heterocycles. The van der Waals surface area contributed by atoms with Crippen molar-refractivity contribution in [3.05, 3.63) is 29.8 Å². The SMILES string of the molecule is CC(C)(CC(=O)O)NS(=O)(=O)c1ccccc1C(F)(F)F. The number of hydrogen-bond acceptors (Lipinski definition) is 3. The van der Waals surface area contributed by atoms with Gasteiger partial charge in [0.1, 0.15) is 0 Å². The van der Waals surface area contributed by atoms with Crippen molar-refractivity contribution in [3.8, 4) is 0 Å². The van der Waals surface area contributed by atoms with Gasteiger partial charge >= 0.3 is 12.1 Å². The van der Waals surface area contributed by atoms with Crippen LogP contribution < -0.4 is 4.72 Å². The van der Waals surface area contributed by atoms with E-state index >= 15 is 0 Å². The van der Waals surface area contributed by atoms with Crippen molar-refractivity contribution < 1.29 is 31.5 Å². The minimum absolute atomic E-state index is 0.569. The first-order valence-electron chi connectivity index (χ1n) is 5.77. The van der Waals surface area contributed by atoms with E-state index in [0.717, 1.165) is 18.2 Å². The molecule has 0 aliphatic carbocycles. The summed E-state index contributed by atoms with van der Waals surface area (Å²) in [6.07, 6.45) is -5.40. The van der Waals surface area contributed by atoms with Crippen molar-refractivity contribution in [3.63, 3.8) is 0 Å². The third-order valence-electron chi connectivity index (χ3n) is 2.49. The van der Waals surface area contributed by atoms with E-state index in [-0.39, 0.29) is 0 Å². The highest BCUT2D eigenvalue weighted by molar-refractivity contribution is 7.89. The zero-order valence-corrected chi connectivity index (χ0v) is 12.0. The van der Waals surface area contributed by atoms with E-state index in [0.29, 0.717) is 6.07 Å². The lowest BCUT2D eigenvalue weighted by Crippen LogP contribution is -2.45. The lowest BCUT2D eigenvalue weighted by Gasteiger charge is -2.25. The molecule has 0 aromatic heterocycles. The highest BCUT2D eigenvalue weighted by Gasteiger charge is 2.38. The largest absolute Gasteiger partial charge is 0.481 e. The summed E-state index contributed by atoms with van der Waals surface area (Å²) >= 11 is 0. The van der Waals surface area contributed by atoms with Crippen LogP contribution >= 0.6 is 0 Å². The fourth-order valence-corrected chi connectivity index (χ4v) is 3.41. The van der Waals surface area contributed by atoms with E-state index in [9.17, 15) is 26.4 Å². The van der Waals surface area contributed by atoms with Crippen molar-refractivity contribution in [2.45, 2.75) is 36.9 Å². The number of nitrogens with one attached hydrogen (secondary N) is 1. The maximum atomic E-state index is 12.8. The Bertz CT molecular complexity index is 638. The zero-order chi connectivity index (χ0) is 16.5. The molecule has 1 rings (SSSR count). The Morgan fingerprint density at radius 2 is 1.76 bits per heavy atom. The summed E-state index contributed by atoms with van der Waals surface area (Å²) in [7, 11) is -4.51. The Labute approximate surface area is 119 Å². The van der Waals surface area contributed by atoms with Crippen LogP contribution in [0.2, 0.25) is 0 Å². The highest BCUT2D eigenvalue weighted by Crippen LogP contribution is 2.34. The molecule has 9 heteroatoms. The summed E-state index contributed by atoms with van der Waals surface area (Å²) in [5, 5.41) is 8.69. The molecule has 0 bridgehead atoms. The quantitative estimate of drug-likeness (QED) is 0.869. The average Bonchev–Trinajstić information content (AvgIpc) is 2.24. The molecule has 0 radical (unpaired) electrons. The van der Waals surface area contributed by atoms with Gasteiger partial charge < -0.3 is 5.11 Å². The Hall–Kier alpha value is -1.61. The van der Waals surface area contributed by atoms with E-state index in [4.69, 9.17) is 5.11 Å². The summed E-state index contributed by atoms with van der Waals surface area (Å²) in [6.45, 7) is 2.55. The first-order chi connectivity index (χ1) is 9.35. The summed E-state index contributed by atoms with van der Waals surface area (Å²) in [5.41, 5.74) is -2.73. The topological polar surface area (TPSA) is 83.5 Å². The van der Waals surface area contributed by atoms with Crippen molar-refractivity contribution in [2.75, 3.05) is 0 Å². The Morgan fingerprint density at radius 1 is 1.24 bits per heavy atom.